The predicted octanol–water partition coefficient (Wildman–Crippen LogP) is 2.79. The Hall–Kier alpha value is -2.58. The molecule has 0 spiro atoms. The topological polar surface area (TPSA) is 95.7 Å². The molecule has 0 bridgehead atoms. The van der Waals surface area contributed by atoms with Crippen LogP contribution in [0.1, 0.15) is 18.6 Å². The number of halogens is 2. The van der Waals surface area contributed by atoms with Crippen molar-refractivity contribution in [3.63, 3.8) is 0 Å². The Labute approximate surface area is 155 Å². The van der Waals surface area contributed by atoms with Crippen LogP contribution in [0.2, 0.25) is 5.02 Å². The Morgan fingerprint density at radius 1 is 1.27 bits per heavy atom. The first-order chi connectivity index (χ1) is 12.6. The van der Waals surface area contributed by atoms with Crippen molar-refractivity contribution in [1.82, 2.24) is 0 Å². The zero-order valence-electron chi connectivity index (χ0n) is 14.1. The lowest BCUT2D eigenvalue weighted by Crippen LogP contribution is -2.17. The molecule has 1 atom stereocenters. The number of hydrogen-bond donors (Lipinski definition) is 1. The highest BCUT2D eigenvalue weighted by Crippen LogP contribution is 2.35. The minimum atomic E-state index is -4.28. The number of Topliss-reactive ketones (excluding diaryl/α,β-unsaturated/α-hetero) is 1. The van der Waals surface area contributed by atoms with E-state index in [9.17, 15) is 17.6 Å². The molecule has 1 heterocycles. The highest BCUT2D eigenvalue weighted by molar-refractivity contribution is 7.86. The van der Waals surface area contributed by atoms with Gasteiger partial charge in [0.05, 0.1) is 1.37 Å². The van der Waals surface area contributed by atoms with E-state index in [1.807, 2.05) is 0 Å². The molecule has 1 aliphatic rings. The molecule has 2 aromatic carbocycles. The van der Waals surface area contributed by atoms with Gasteiger partial charge in [-0.15, -0.1) is 0 Å². The summed E-state index contributed by atoms with van der Waals surface area (Å²) in [5.74, 6) is -4.33. The van der Waals surface area contributed by atoms with Crippen LogP contribution in [-0.2, 0) is 29.6 Å². The van der Waals surface area contributed by atoms with Crippen LogP contribution in [0.3, 0.4) is 0 Å². The molecular weight excluding hydrogens is 385 g/mol. The minimum absolute atomic E-state index is 0.0547. The molecule has 136 valence electrons. The number of carbonyl (C=O) groups is 1. The van der Waals surface area contributed by atoms with Gasteiger partial charge in [0.1, 0.15) is 11.6 Å². The van der Waals surface area contributed by atoms with E-state index in [2.05, 4.69) is 0 Å². The summed E-state index contributed by atoms with van der Waals surface area (Å²) < 4.78 is 56.5. The van der Waals surface area contributed by atoms with Crippen LogP contribution in [0.15, 0.2) is 60.2 Å². The molecule has 0 aromatic heterocycles. The lowest BCUT2D eigenvalue weighted by Gasteiger charge is -2.11. The second kappa shape index (κ2) is 6.97. The number of hydrogen-bond acceptors (Lipinski definition) is 6. The zero-order valence-corrected chi connectivity index (χ0v) is 14.7. The normalized spacial score (nSPS) is 20.7. The van der Waals surface area contributed by atoms with Gasteiger partial charge >= 0.3 is 10.1 Å². The average Bonchev–Trinajstić information content (AvgIpc) is 2.81. The summed E-state index contributed by atoms with van der Waals surface area (Å²) in [6.07, 6.45) is -2.64. The van der Waals surface area contributed by atoms with Crippen LogP contribution in [0.25, 0.3) is 0 Å². The fourth-order valence-corrected chi connectivity index (χ4v) is 3.52. The van der Waals surface area contributed by atoms with Gasteiger partial charge in [0.15, 0.2) is 6.08 Å². The van der Waals surface area contributed by atoms with Gasteiger partial charge in [0.2, 0.25) is 17.4 Å². The number of benzene rings is 2. The quantitative estimate of drug-likeness (QED) is 0.778. The fourth-order valence-electron chi connectivity index (χ4n) is 2.28. The molecule has 0 unspecified atom stereocenters. The van der Waals surface area contributed by atoms with Crippen LogP contribution in [0.5, 0.6) is 0 Å². The molecule has 2 N–H and O–H groups in total. The van der Waals surface area contributed by atoms with E-state index in [1.54, 1.807) is 30.3 Å². The van der Waals surface area contributed by atoms with Crippen molar-refractivity contribution in [3.05, 3.63) is 82.1 Å². The summed E-state index contributed by atoms with van der Waals surface area (Å²) in [6, 6.07) is 11.3. The number of carbonyl (C=O) groups excluding carboxylic acids is 1. The number of ether oxygens (including phenoxy) is 1. The first-order valence-electron chi connectivity index (χ1n) is 7.77. The Balaban J connectivity index is 1.88. The maximum atomic E-state index is 14.1. The molecule has 26 heavy (non-hydrogen) atoms. The molecule has 3 rings (SSSR count). The van der Waals surface area contributed by atoms with Crippen LogP contribution in [0, 0.1) is 5.82 Å². The van der Waals surface area contributed by atoms with Gasteiger partial charge in [-0.3, -0.25) is 4.79 Å². The van der Waals surface area contributed by atoms with Crippen molar-refractivity contribution in [1.29, 1.82) is 0 Å². The lowest BCUT2D eigenvalue weighted by atomic mass is 10.1. The van der Waals surface area contributed by atoms with E-state index in [-0.39, 0.29) is 5.02 Å². The molecule has 9 heteroatoms. The van der Waals surface area contributed by atoms with Crippen molar-refractivity contribution in [2.45, 2.75) is 11.8 Å². The smallest absolute Gasteiger partial charge is 0.313 e. The van der Waals surface area contributed by atoms with E-state index in [4.69, 9.17) is 27.6 Å². The molecule has 6 nitrogen and oxygen atoms in total. The van der Waals surface area contributed by atoms with Gasteiger partial charge in [0.25, 0.3) is 0 Å². The lowest BCUT2D eigenvalue weighted by molar-refractivity contribution is -0.123. The number of rotatable bonds is 5. The Morgan fingerprint density at radius 2 is 1.96 bits per heavy atom. The third kappa shape index (κ3) is 3.81. The summed E-state index contributed by atoms with van der Waals surface area (Å²) in [5, 5.41) is 0.0547. The third-order valence-electron chi connectivity index (χ3n) is 3.42. The second-order valence-corrected chi connectivity index (χ2v) is 7.36. The molecule has 2 aromatic rings. The van der Waals surface area contributed by atoms with Gasteiger partial charge in [0, 0.05) is 10.6 Å². The van der Waals surface area contributed by atoms with Crippen molar-refractivity contribution in [2.75, 3.05) is 0 Å². The monoisotopic (exact) mass is 398 g/mol. The molecule has 0 saturated carbocycles. The summed E-state index contributed by atoms with van der Waals surface area (Å²) >= 11 is 5.79. The molecule has 0 saturated heterocycles. The van der Waals surface area contributed by atoms with Gasteiger partial charge in [-0.1, -0.05) is 41.9 Å². The van der Waals surface area contributed by atoms with Crippen molar-refractivity contribution in [2.24, 2.45) is 5.73 Å². The Bertz CT molecular complexity index is 1040. The summed E-state index contributed by atoms with van der Waals surface area (Å²) in [4.78, 5) is 12.6. The average molecular weight is 399 g/mol. The van der Waals surface area contributed by atoms with Crippen molar-refractivity contribution < 1.29 is 27.9 Å². The van der Waals surface area contributed by atoms with Crippen molar-refractivity contribution in [3.8, 4) is 0 Å². The molecule has 0 radical (unpaired) electrons. The maximum absolute atomic E-state index is 14.1. The molecular formula is C17H13ClFNO5S. The molecule has 1 aliphatic heterocycles. The van der Waals surface area contributed by atoms with Gasteiger partial charge < -0.3 is 14.7 Å². The largest absolute Gasteiger partial charge is 0.460 e. The SMILES string of the molecule is [2H][C@@]1(c2cc(Cl)ccc2F)OC(N)=C(OS(=O)(=O)Cc2ccccc2)C1=O. The highest BCUT2D eigenvalue weighted by Gasteiger charge is 2.40. The molecule has 0 aliphatic carbocycles. The van der Waals surface area contributed by atoms with Gasteiger partial charge in [-0.05, 0) is 23.8 Å². The maximum Gasteiger partial charge on any atom is 0.313 e. The number of ketones is 1. The summed E-state index contributed by atoms with van der Waals surface area (Å²) in [7, 11) is -4.28. The molecule has 0 amide bonds. The van der Waals surface area contributed by atoms with Crippen LogP contribution < -0.4 is 5.73 Å². The van der Waals surface area contributed by atoms with Gasteiger partial charge in [-0.25, -0.2) is 4.39 Å². The Kier molecular flexibility index (Phi) is 4.52. The minimum Gasteiger partial charge on any atom is -0.460 e. The number of nitrogens with two attached hydrogens (primary N) is 1. The van der Waals surface area contributed by atoms with Crippen LogP contribution in [0.4, 0.5) is 4.39 Å². The second-order valence-electron chi connectivity index (χ2n) is 5.35. The Morgan fingerprint density at radius 3 is 2.65 bits per heavy atom. The standard InChI is InChI=1S/C17H13ClFNO5S/c18-11-6-7-13(19)12(8-11)15-14(21)16(17(20)24-15)25-26(22,23)9-10-4-2-1-3-5-10/h1-8,15H,9,20H2/t15-/m0/s1/i15D. The first kappa shape index (κ1) is 16.9. The summed E-state index contributed by atoms with van der Waals surface area (Å²) in [5.41, 5.74) is 5.45. The zero-order chi connectivity index (χ0) is 19.8. The third-order valence-corrected chi connectivity index (χ3v) is 4.76. The fraction of sp³-hybridized carbons (Fsp3) is 0.118. The van der Waals surface area contributed by atoms with E-state index in [1.165, 1.54) is 6.07 Å². The first-order valence-corrected chi connectivity index (χ1v) is 9.23. The summed E-state index contributed by atoms with van der Waals surface area (Å²) in [6.45, 7) is 0. The van der Waals surface area contributed by atoms with E-state index in [0.717, 1.165) is 12.1 Å². The van der Waals surface area contributed by atoms with Crippen LogP contribution in [-0.4, -0.2) is 14.2 Å². The predicted molar refractivity (Wildman–Crippen MR) is 91.6 cm³/mol. The molecule has 0 fully saturated rings. The van der Waals surface area contributed by atoms with Gasteiger partial charge in [-0.2, -0.15) is 8.42 Å². The van der Waals surface area contributed by atoms with E-state index >= 15 is 0 Å². The highest BCUT2D eigenvalue weighted by atomic mass is 35.5. The van der Waals surface area contributed by atoms with E-state index < -0.39 is 50.8 Å². The van der Waals surface area contributed by atoms with E-state index in [0.29, 0.717) is 5.56 Å². The van der Waals surface area contributed by atoms with Crippen LogP contribution >= 0.6 is 11.6 Å². The van der Waals surface area contributed by atoms with Crippen molar-refractivity contribution >= 4 is 27.5 Å².